The van der Waals surface area contributed by atoms with Crippen LogP contribution in [0.15, 0.2) is 75.6 Å². The third-order valence-corrected chi connectivity index (χ3v) is 8.46. The number of hydrogen-bond acceptors (Lipinski definition) is 6. The zero-order valence-corrected chi connectivity index (χ0v) is 21.6. The molecule has 2 aliphatic rings. The molecule has 6 nitrogen and oxygen atoms in total. The van der Waals surface area contributed by atoms with Crippen molar-refractivity contribution in [2.24, 2.45) is 5.10 Å². The normalized spacial score (nSPS) is 20.2. The Kier molecular flexibility index (Phi) is 6.61. The van der Waals surface area contributed by atoms with Crippen molar-refractivity contribution in [1.82, 2.24) is 5.01 Å². The molecule has 5 rings (SSSR count). The van der Waals surface area contributed by atoms with Gasteiger partial charge in [-0.3, -0.25) is 15.0 Å². The lowest BCUT2D eigenvalue weighted by Gasteiger charge is -2.24. The van der Waals surface area contributed by atoms with Gasteiger partial charge < -0.3 is 0 Å². The lowest BCUT2D eigenvalue weighted by molar-refractivity contribution is -0.121. The van der Waals surface area contributed by atoms with Crippen molar-refractivity contribution in [2.75, 3.05) is 4.90 Å². The first-order valence-electron chi connectivity index (χ1n) is 10.4. The monoisotopic (exact) mass is 572 g/mol. The maximum absolute atomic E-state index is 13.1. The predicted molar refractivity (Wildman–Crippen MR) is 142 cm³/mol. The van der Waals surface area contributed by atoms with E-state index in [2.05, 4.69) is 15.9 Å². The average molecular weight is 574 g/mol. The van der Waals surface area contributed by atoms with Crippen molar-refractivity contribution in [3.05, 3.63) is 86.0 Å². The first-order chi connectivity index (χ1) is 16.4. The molecular weight excluding hydrogens is 556 g/mol. The second-order valence-electron chi connectivity index (χ2n) is 7.77. The highest BCUT2D eigenvalue weighted by Crippen LogP contribution is 2.39. The Morgan fingerprint density at radius 3 is 2.56 bits per heavy atom. The number of amides is 2. The number of nitrogens with one attached hydrogen (secondary N) is 1. The van der Waals surface area contributed by atoms with Crippen LogP contribution < -0.4 is 4.90 Å². The van der Waals surface area contributed by atoms with E-state index in [1.165, 1.54) is 0 Å². The van der Waals surface area contributed by atoms with Crippen molar-refractivity contribution in [2.45, 2.75) is 24.1 Å². The molecule has 34 heavy (non-hydrogen) atoms. The van der Waals surface area contributed by atoms with E-state index >= 15 is 0 Å². The van der Waals surface area contributed by atoms with Gasteiger partial charge >= 0.3 is 0 Å². The van der Waals surface area contributed by atoms with E-state index in [1.807, 2.05) is 41.8 Å². The molecule has 1 N–H and O–H groups in total. The van der Waals surface area contributed by atoms with E-state index in [0.29, 0.717) is 17.1 Å². The summed E-state index contributed by atoms with van der Waals surface area (Å²) in [5.41, 5.74) is 2.30. The summed E-state index contributed by atoms with van der Waals surface area (Å²) in [4.78, 5) is 28.0. The van der Waals surface area contributed by atoms with E-state index in [0.717, 1.165) is 37.3 Å². The number of imide groups is 1. The highest BCUT2D eigenvalue weighted by Gasteiger charge is 2.43. The zero-order chi connectivity index (χ0) is 23.8. The van der Waals surface area contributed by atoms with Crippen LogP contribution in [0.2, 0.25) is 5.02 Å². The van der Waals surface area contributed by atoms with Gasteiger partial charge in [0, 0.05) is 17.3 Å². The van der Waals surface area contributed by atoms with Gasteiger partial charge in [0.05, 0.1) is 27.3 Å². The first kappa shape index (κ1) is 23.3. The second-order valence-corrected chi connectivity index (χ2v) is 11.2. The van der Waals surface area contributed by atoms with E-state index in [-0.39, 0.29) is 29.4 Å². The third-order valence-electron chi connectivity index (χ3n) is 5.63. The number of carbonyl (C=O) groups is 2. The Morgan fingerprint density at radius 2 is 1.85 bits per heavy atom. The number of halogens is 2. The fourth-order valence-electron chi connectivity index (χ4n) is 4.00. The Balaban J connectivity index is 1.39. The number of para-hydroxylation sites is 1. The molecule has 2 atom stereocenters. The Labute approximate surface area is 218 Å². The Bertz CT molecular complexity index is 1300. The molecule has 1 fully saturated rings. The fourth-order valence-corrected chi connectivity index (χ4v) is 6.19. The Hall–Kier alpha value is -2.46. The van der Waals surface area contributed by atoms with Crippen LogP contribution in [-0.4, -0.2) is 33.0 Å². The van der Waals surface area contributed by atoms with Crippen molar-refractivity contribution >= 4 is 79.0 Å². The van der Waals surface area contributed by atoms with Gasteiger partial charge in [0.15, 0.2) is 5.17 Å². The van der Waals surface area contributed by atoms with Gasteiger partial charge in [-0.1, -0.05) is 69.6 Å². The molecule has 0 radical (unpaired) electrons. The highest BCUT2D eigenvalue weighted by molar-refractivity contribution is 9.10. The average Bonchev–Trinajstić information content (AvgIpc) is 3.55. The summed E-state index contributed by atoms with van der Waals surface area (Å²) >= 11 is 12.4. The SMILES string of the molecule is N=C(SC1CC(=O)N(c2ccccc2Cl)C1=O)N1N=C(c2cccs2)CC1c1ccc(Br)cc1. The number of hydrazone groups is 1. The number of thiophene rings is 1. The zero-order valence-electron chi connectivity index (χ0n) is 17.7. The number of benzene rings is 2. The molecule has 2 unspecified atom stereocenters. The first-order valence-corrected chi connectivity index (χ1v) is 13.4. The van der Waals surface area contributed by atoms with Crippen LogP contribution >= 0.6 is 50.6 Å². The van der Waals surface area contributed by atoms with Crippen molar-refractivity contribution in [3.63, 3.8) is 0 Å². The van der Waals surface area contributed by atoms with Gasteiger partial charge in [-0.25, -0.2) is 9.91 Å². The van der Waals surface area contributed by atoms with E-state index < -0.39 is 5.25 Å². The van der Waals surface area contributed by atoms with E-state index in [1.54, 1.807) is 40.6 Å². The van der Waals surface area contributed by atoms with Crippen LogP contribution in [0, 0.1) is 5.41 Å². The molecule has 2 amide bonds. The maximum Gasteiger partial charge on any atom is 0.247 e. The number of carbonyl (C=O) groups excluding carboxylic acids is 2. The summed E-state index contributed by atoms with van der Waals surface area (Å²) in [5, 5.41) is 17.0. The van der Waals surface area contributed by atoms with Crippen LogP contribution in [-0.2, 0) is 9.59 Å². The molecule has 2 aliphatic heterocycles. The fraction of sp³-hybridized carbons (Fsp3) is 0.167. The molecular formula is C24H18BrClN4O2S2. The Morgan fingerprint density at radius 1 is 1.09 bits per heavy atom. The van der Waals surface area contributed by atoms with Crippen molar-refractivity contribution in [1.29, 1.82) is 5.41 Å². The number of amidine groups is 1. The van der Waals surface area contributed by atoms with Crippen LogP contribution in [0.25, 0.3) is 0 Å². The standard InChI is InChI=1S/C24H18BrClN4O2S2/c25-15-9-7-14(8-10-15)19-12-17(20-6-3-11-33-20)28-30(19)24(27)34-21-13-22(31)29(23(21)32)18-5-2-1-4-16(18)26/h1-11,19,21,27H,12-13H2. The summed E-state index contributed by atoms with van der Waals surface area (Å²) < 4.78 is 0.972. The molecule has 0 spiro atoms. The molecule has 3 heterocycles. The summed E-state index contributed by atoms with van der Waals surface area (Å²) in [6, 6.07) is 18.6. The largest absolute Gasteiger partial charge is 0.277 e. The molecule has 172 valence electrons. The smallest absolute Gasteiger partial charge is 0.247 e. The molecule has 0 saturated carbocycles. The van der Waals surface area contributed by atoms with Gasteiger partial charge in [-0.15, -0.1) is 11.3 Å². The van der Waals surface area contributed by atoms with Gasteiger partial charge in [-0.2, -0.15) is 5.10 Å². The maximum atomic E-state index is 13.1. The quantitative estimate of drug-likeness (QED) is 0.225. The number of anilines is 1. The molecule has 0 bridgehead atoms. The van der Waals surface area contributed by atoms with E-state index in [4.69, 9.17) is 22.1 Å². The molecule has 1 aromatic heterocycles. The van der Waals surface area contributed by atoms with Gasteiger partial charge in [0.1, 0.15) is 5.25 Å². The van der Waals surface area contributed by atoms with Crippen molar-refractivity contribution < 1.29 is 9.59 Å². The summed E-state index contributed by atoms with van der Waals surface area (Å²) in [5.74, 6) is -0.688. The lowest BCUT2D eigenvalue weighted by atomic mass is 10.0. The van der Waals surface area contributed by atoms with E-state index in [9.17, 15) is 9.59 Å². The molecule has 3 aromatic rings. The topological polar surface area (TPSA) is 76.8 Å². The van der Waals surface area contributed by atoms with Gasteiger partial charge in [0.25, 0.3) is 0 Å². The molecule has 10 heteroatoms. The minimum absolute atomic E-state index is 0.00932. The number of hydrogen-bond donors (Lipinski definition) is 1. The minimum atomic E-state index is -0.706. The summed E-state index contributed by atoms with van der Waals surface area (Å²) in [6.45, 7) is 0. The molecule has 2 aromatic carbocycles. The van der Waals surface area contributed by atoms with Crippen LogP contribution in [0.1, 0.15) is 29.3 Å². The predicted octanol–water partition coefficient (Wildman–Crippen LogP) is 6.32. The van der Waals surface area contributed by atoms with Crippen LogP contribution in [0.3, 0.4) is 0 Å². The van der Waals surface area contributed by atoms with Crippen LogP contribution in [0.5, 0.6) is 0 Å². The molecule has 1 saturated heterocycles. The van der Waals surface area contributed by atoms with Gasteiger partial charge in [-0.05, 0) is 41.3 Å². The molecule has 0 aliphatic carbocycles. The number of rotatable bonds is 4. The third kappa shape index (κ3) is 4.45. The lowest BCUT2D eigenvalue weighted by Crippen LogP contribution is -2.32. The summed E-state index contributed by atoms with van der Waals surface area (Å²) in [6.07, 6.45) is 0.657. The number of nitrogens with zero attached hydrogens (tertiary/aromatic N) is 3. The van der Waals surface area contributed by atoms with Crippen molar-refractivity contribution in [3.8, 4) is 0 Å². The highest BCUT2D eigenvalue weighted by atomic mass is 79.9. The van der Waals surface area contributed by atoms with Crippen LogP contribution in [0.4, 0.5) is 5.69 Å². The minimum Gasteiger partial charge on any atom is -0.277 e. The second kappa shape index (κ2) is 9.65. The summed E-state index contributed by atoms with van der Waals surface area (Å²) in [7, 11) is 0. The van der Waals surface area contributed by atoms with Gasteiger partial charge in [0.2, 0.25) is 11.8 Å². The number of thioether (sulfide) groups is 1.